The molecular formula is C28H33ClN2O6. The lowest BCUT2D eigenvalue weighted by Crippen LogP contribution is -2.29. The summed E-state index contributed by atoms with van der Waals surface area (Å²) in [6.45, 7) is 9.35. The number of carboxylic acid groups (broad SMARTS) is 1. The lowest BCUT2D eigenvalue weighted by Gasteiger charge is -2.28. The third-order valence-corrected chi connectivity index (χ3v) is 6.62. The molecule has 0 spiro atoms. The second-order valence-corrected chi connectivity index (χ2v) is 9.52. The van der Waals surface area contributed by atoms with Crippen molar-refractivity contribution in [2.45, 2.75) is 58.7 Å². The highest BCUT2D eigenvalue weighted by molar-refractivity contribution is 6.30. The second kappa shape index (κ2) is 12.6. The Balaban J connectivity index is 1.78. The Morgan fingerprint density at radius 1 is 1.27 bits per heavy atom. The number of aryl methyl sites for hydroxylation is 1. The van der Waals surface area contributed by atoms with Crippen LogP contribution in [0.2, 0.25) is 5.15 Å². The number of pyridine rings is 1. The van der Waals surface area contributed by atoms with Crippen LogP contribution in [0.4, 0.5) is 4.79 Å². The van der Waals surface area contributed by atoms with E-state index in [1.54, 1.807) is 32.2 Å². The number of benzene rings is 1. The molecular weight excluding hydrogens is 496 g/mol. The summed E-state index contributed by atoms with van der Waals surface area (Å²) in [6, 6.07) is 9.00. The first-order valence-electron chi connectivity index (χ1n) is 12.1. The van der Waals surface area contributed by atoms with E-state index < -0.39 is 18.2 Å². The molecule has 2 N–H and O–H groups in total. The molecule has 0 bridgehead atoms. The van der Waals surface area contributed by atoms with E-state index in [1.807, 2.05) is 25.1 Å². The first-order chi connectivity index (χ1) is 17.6. The van der Waals surface area contributed by atoms with Crippen molar-refractivity contribution in [1.29, 1.82) is 0 Å². The Bertz CT molecular complexity index is 1190. The van der Waals surface area contributed by atoms with Gasteiger partial charge in [-0.25, -0.2) is 9.78 Å². The van der Waals surface area contributed by atoms with Gasteiger partial charge in [-0.2, -0.15) is 0 Å². The normalized spacial score (nSPS) is 18.7. The van der Waals surface area contributed by atoms with Crippen molar-refractivity contribution in [3.63, 3.8) is 0 Å². The van der Waals surface area contributed by atoms with Gasteiger partial charge in [-0.1, -0.05) is 24.2 Å². The largest absolute Gasteiger partial charge is 0.494 e. The Hall–Kier alpha value is -3.52. The lowest BCUT2D eigenvalue weighted by molar-refractivity contribution is -0.143. The van der Waals surface area contributed by atoms with Gasteiger partial charge >= 0.3 is 12.1 Å². The molecule has 3 atom stereocenters. The van der Waals surface area contributed by atoms with Crippen molar-refractivity contribution in [2.75, 3.05) is 7.11 Å². The summed E-state index contributed by atoms with van der Waals surface area (Å²) in [7, 11) is 1.51. The number of ether oxygens (including phenoxy) is 3. The van der Waals surface area contributed by atoms with Crippen molar-refractivity contribution < 1.29 is 28.9 Å². The maximum atomic E-state index is 12.7. The first-order valence-corrected chi connectivity index (χ1v) is 12.5. The van der Waals surface area contributed by atoms with Gasteiger partial charge in [-0.3, -0.25) is 10.1 Å². The third-order valence-electron chi connectivity index (χ3n) is 6.30. The molecule has 1 aromatic heterocycles. The molecule has 1 saturated carbocycles. The molecule has 0 radical (unpaired) electrons. The topological polar surface area (TPSA) is 107 Å². The second-order valence-electron chi connectivity index (χ2n) is 9.17. The van der Waals surface area contributed by atoms with E-state index in [0.717, 1.165) is 18.4 Å². The Morgan fingerprint density at radius 2 is 2.03 bits per heavy atom. The van der Waals surface area contributed by atoms with Crippen molar-refractivity contribution in [1.82, 2.24) is 10.3 Å². The maximum Gasteiger partial charge on any atom is 0.412 e. The van der Waals surface area contributed by atoms with Crippen LogP contribution in [0, 0.1) is 12.8 Å². The summed E-state index contributed by atoms with van der Waals surface area (Å²) < 4.78 is 17.3. The van der Waals surface area contributed by atoms with E-state index in [-0.39, 0.29) is 17.2 Å². The van der Waals surface area contributed by atoms with Gasteiger partial charge in [0.25, 0.3) is 0 Å². The summed E-state index contributed by atoms with van der Waals surface area (Å²) in [5, 5.41) is 12.4. The summed E-state index contributed by atoms with van der Waals surface area (Å²) >= 11 is 6.12. The molecule has 198 valence electrons. The van der Waals surface area contributed by atoms with E-state index in [0.29, 0.717) is 46.7 Å². The van der Waals surface area contributed by atoms with Gasteiger partial charge in [0.15, 0.2) is 0 Å². The summed E-state index contributed by atoms with van der Waals surface area (Å²) in [5.74, 6) is -0.0508. The van der Waals surface area contributed by atoms with E-state index in [4.69, 9.17) is 25.8 Å². The molecule has 8 nitrogen and oxygen atoms in total. The minimum absolute atomic E-state index is 0.144. The standard InChI is InChI=1S/C28H33ClN2O6/c1-16(2)24(31-28(34)36-18(4)22-10-7-13-30-26(22)29)25(35-5)19-11-12-23(17(3)14-19)37-21-9-6-8-20(15-21)27(32)33/h7,10-14,18,20-21H,1,6,8-9,15H2,2-5H3,(H,31,34)(H,32,33)/b25-24+/t18?,20-,21?/m0/s1. The number of hydrogen-bond acceptors (Lipinski definition) is 6. The number of halogens is 1. The molecule has 37 heavy (non-hydrogen) atoms. The lowest BCUT2D eigenvalue weighted by atomic mass is 9.87. The number of carboxylic acids is 1. The fraction of sp³-hybridized carbons (Fsp3) is 0.393. The van der Waals surface area contributed by atoms with Crippen molar-refractivity contribution in [2.24, 2.45) is 5.92 Å². The van der Waals surface area contributed by atoms with E-state index in [9.17, 15) is 14.7 Å². The van der Waals surface area contributed by atoms with Crippen molar-refractivity contribution in [3.8, 4) is 5.75 Å². The fourth-order valence-electron chi connectivity index (χ4n) is 4.36. The molecule has 1 amide bonds. The third kappa shape index (κ3) is 7.26. The smallest absolute Gasteiger partial charge is 0.412 e. The van der Waals surface area contributed by atoms with Crippen LogP contribution in [0.5, 0.6) is 5.75 Å². The quantitative estimate of drug-likeness (QED) is 0.219. The highest BCUT2D eigenvalue weighted by atomic mass is 35.5. The van der Waals surface area contributed by atoms with E-state index in [2.05, 4.69) is 16.9 Å². The molecule has 1 aliphatic rings. The van der Waals surface area contributed by atoms with Crippen LogP contribution >= 0.6 is 11.6 Å². The molecule has 2 aromatic rings. The number of rotatable bonds is 9. The monoisotopic (exact) mass is 528 g/mol. The number of carbonyl (C=O) groups excluding carboxylic acids is 1. The Morgan fingerprint density at radius 3 is 2.65 bits per heavy atom. The number of carbonyl (C=O) groups is 2. The molecule has 1 aliphatic carbocycles. The van der Waals surface area contributed by atoms with E-state index in [1.165, 1.54) is 7.11 Å². The molecule has 1 heterocycles. The minimum Gasteiger partial charge on any atom is -0.494 e. The van der Waals surface area contributed by atoms with E-state index >= 15 is 0 Å². The van der Waals surface area contributed by atoms with Gasteiger partial charge in [0.1, 0.15) is 22.8 Å². The zero-order valence-electron chi connectivity index (χ0n) is 21.5. The van der Waals surface area contributed by atoms with Gasteiger partial charge in [-0.05, 0) is 81.9 Å². The number of aromatic nitrogens is 1. The van der Waals surface area contributed by atoms with Crippen LogP contribution in [0.3, 0.4) is 0 Å². The van der Waals surface area contributed by atoms with Gasteiger partial charge in [0.05, 0.1) is 24.8 Å². The minimum atomic E-state index is -0.772. The Labute approximate surface area is 222 Å². The van der Waals surface area contributed by atoms with Crippen LogP contribution in [-0.2, 0) is 14.3 Å². The van der Waals surface area contributed by atoms with Crippen molar-refractivity contribution in [3.05, 3.63) is 76.2 Å². The number of methoxy groups -OCH3 is 1. The maximum absolute atomic E-state index is 12.7. The van der Waals surface area contributed by atoms with Crippen LogP contribution in [0.1, 0.15) is 62.3 Å². The van der Waals surface area contributed by atoms with Crippen LogP contribution in [0.15, 0.2) is 54.4 Å². The molecule has 1 aromatic carbocycles. The average Bonchev–Trinajstić information content (AvgIpc) is 2.85. The van der Waals surface area contributed by atoms with Crippen LogP contribution in [-0.4, -0.2) is 35.4 Å². The number of amides is 1. The SMILES string of the molecule is C=C(C)/C(NC(=O)OC(C)c1cccnc1Cl)=C(\OC)c1ccc(OC2CCC[C@H](C(=O)O)C2)c(C)c1. The predicted molar refractivity (Wildman–Crippen MR) is 141 cm³/mol. The van der Waals surface area contributed by atoms with Gasteiger partial charge < -0.3 is 19.3 Å². The predicted octanol–water partition coefficient (Wildman–Crippen LogP) is 6.44. The highest BCUT2D eigenvalue weighted by Crippen LogP contribution is 2.32. The molecule has 0 saturated heterocycles. The summed E-state index contributed by atoms with van der Waals surface area (Å²) in [4.78, 5) is 28.1. The average molecular weight is 529 g/mol. The number of nitrogens with zero attached hydrogens (tertiary/aromatic N) is 1. The number of allylic oxidation sites excluding steroid dienone is 1. The molecule has 9 heteroatoms. The number of alkyl carbamates (subject to hydrolysis) is 1. The zero-order chi connectivity index (χ0) is 27.1. The number of aliphatic carboxylic acids is 1. The zero-order valence-corrected chi connectivity index (χ0v) is 22.3. The first kappa shape index (κ1) is 28.1. The van der Waals surface area contributed by atoms with Gasteiger partial charge in [0.2, 0.25) is 0 Å². The fourth-order valence-corrected chi connectivity index (χ4v) is 4.63. The van der Waals surface area contributed by atoms with Crippen LogP contribution < -0.4 is 10.1 Å². The van der Waals surface area contributed by atoms with Crippen molar-refractivity contribution >= 4 is 29.4 Å². The molecule has 2 unspecified atom stereocenters. The highest BCUT2D eigenvalue weighted by Gasteiger charge is 2.28. The van der Waals surface area contributed by atoms with Crippen LogP contribution in [0.25, 0.3) is 5.76 Å². The molecule has 1 fully saturated rings. The van der Waals surface area contributed by atoms with Gasteiger partial charge in [-0.15, -0.1) is 0 Å². The Kier molecular flexibility index (Phi) is 9.58. The summed E-state index contributed by atoms with van der Waals surface area (Å²) in [6.07, 6.45) is 2.92. The molecule has 0 aliphatic heterocycles. The molecule has 3 rings (SSSR count). The summed E-state index contributed by atoms with van der Waals surface area (Å²) in [5.41, 5.74) is 3.10. The van der Waals surface area contributed by atoms with Gasteiger partial charge in [0, 0.05) is 17.3 Å². The number of nitrogens with one attached hydrogen (secondary N) is 1. The number of hydrogen-bond donors (Lipinski definition) is 2.